The van der Waals surface area contributed by atoms with Crippen LogP contribution >= 0.6 is 0 Å². The Hall–Kier alpha value is -0.600. The molecule has 4 heteroatoms. The summed E-state index contributed by atoms with van der Waals surface area (Å²) in [6.07, 6.45) is 5.95. The van der Waals surface area contributed by atoms with Crippen molar-refractivity contribution in [3.05, 3.63) is 0 Å². The Labute approximate surface area is 79.4 Å². The first-order chi connectivity index (χ1) is 6.27. The number of nitrogens with zero attached hydrogens (tertiary/aromatic N) is 1. The van der Waals surface area contributed by atoms with Gasteiger partial charge in [-0.15, -0.1) is 12.3 Å². The number of likely N-dealkylation sites (N-methyl/N-ethyl adjacent to an activating group) is 1. The third kappa shape index (κ3) is 2.98. The van der Waals surface area contributed by atoms with Gasteiger partial charge in [-0.1, -0.05) is 0 Å². The third-order valence-corrected chi connectivity index (χ3v) is 2.30. The summed E-state index contributed by atoms with van der Waals surface area (Å²) in [4.78, 5) is 2.22. The molecule has 0 amide bonds. The minimum Gasteiger partial charge on any atom is -0.374 e. The lowest BCUT2D eigenvalue weighted by atomic mass is 10.1. The highest BCUT2D eigenvalue weighted by molar-refractivity contribution is 4.93. The molecule has 2 atom stereocenters. The molecule has 4 nitrogen and oxygen atoms in total. The van der Waals surface area contributed by atoms with Crippen LogP contribution in [0.15, 0.2) is 0 Å². The lowest BCUT2D eigenvalue weighted by molar-refractivity contribution is -0.0376. The van der Waals surface area contributed by atoms with Crippen molar-refractivity contribution in [2.24, 2.45) is 5.84 Å². The second-order valence-electron chi connectivity index (χ2n) is 3.35. The summed E-state index contributed by atoms with van der Waals surface area (Å²) in [6, 6.07) is 0.0627. The van der Waals surface area contributed by atoms with Crippen molar-refractivity contribution < 1.29 is 4.74 Å². The maximum Gasteiger partial charge on any atom is 0.0877 e. The van der Waals surface area contributed by atoms with E-state index in [2.05, 4.69) is 23.3 Å². The lowest BCUT2D eigenvalue weighted by Crippen LogP contribution is -2.52. The summed E-state index contributed by atoms with van der Waals surface area (Å²) >= 11 is 0. The van der Waals surface area contributed by atoms with E-state index in [1.807, 2.05) is 0 Å². The van der Waals surface area contributed by atoms with E-state index in [0.717, 1.165) is 19.7 Å². The van der Waals surface area contributed by atoms with Crippen molar-refractivity contribution in [1.29, 1.82) is 0 Å². The minimum absolute atomic E-state index is 0.0627. The highest BCUT2D eigenvalue weighted by Gasteiger charge is 2.25. The number of terminal acetylenes is 1. The fourth-order valence-electron chi connectivity index (χ4n) is 1.48. The van der Waals surface area contributed by atoms with Gasteiger partial charge in [-0.05, 0) is 7.05 Å². The van der Waals surface area contributed by atoms with Crippen LogP contribution in [0.2, 0.25) is 0 Å². The van der Waals surface area contributed by atoms with Crippen LogP contribution in [0.1, 0.15) is 6.42 Å². The largest absolute Gasteiger partial charge is 0.374 e. The van der Waals surface area contributed by atoms with Crippen LogP contribution < -0.4 is 11.3 Å². The zero-order chi connectivity index (χ0) is 9.68. The van der Waals surface area contributed by atoms with E-state index in [1.54, 1.807) is 0 Å². The van der Waals surface area contributed by atoms with Crippen LogP contribution in [-0.2, 0) is 4.74 Å². The predicted octanol–water partition coefficient (Wildman–Crippen LogP) is -0.828. The maximum atomic E-state index is 5.57. The van der Waals surface area contributed by atoms with Crippen LogP contribution in [0.4, 0.5) is 0 Å². The monoisotopic (exact) mass is 183 g/mol. The molecule has 2 unspecified atom stereocenters. The molecule has 13 heavy (non-hydrogen) atoms. The van der Waals surface area contributed by atoms with Gasteiger partial charge in [0.1, 0.15) is 0 Å². The smallest absolute Gasteiger partial charge is 0.0877 e. The molecule has 1 aliphatic heterocycles. The van der Waals surface area contributed by atoms with Gasteiger partial charge in [0, 0.05) is 19.5 Å². The number of rotatable bonds is 3. The van der Waals surface area contributed by atoms with Crippen molar-refractivity contribution in [1.82, 2.24) is 10.3 Å². The summed E-state index contributed by atoms with van der Waals surface area (Å²) in [6.45, 7) is 2.62. The highest BCUT2D eigenvalue weighted by Crippen LogP contribution is 2.08. The van der Waals surface area contributed by atoms with Gasteiger partial charge in [0.25, 0.3) is 0 Å². The van der Waals surface area contributed by atoms with Crippen molar-refractivity contribution in [2.45, 2.75) is 18.6 Å². The standard InChI is InChI=1S/C9H17N3O/c1-3-4-8(11-10)9-7-12(2)5-6-13-9/h1,8-9,11H,4-7,10H2,2H3. The molecule has 0 saturated carbocycles. The SMILES string of the molecule is C#CCC(NN)C1CN(C)CCO1. The van der Waals surface area contributed by atoms with E-state index in [9.17, 15) is 0 Å². The number of hydrogen-bond acceptors (Lipinski definition) is 4. The molecule has 74 valence electrons. The Morgan fingerprint density at radius 1 is 1.85 bits per heavy atom. The molecule has 0 aromatic rings. The summed E-state index contributed by atoms with van der Waals surface area (Å²) in [5.74, 6) is 7.98. The van der Waals surface area contributed by atoms with Crippen LogP contribution in [0.3, 0.4) is 0 Å². The first kappa shape index (κ1) is 10.5. The topological polar surface area (TPSA) is 50.5 Å². The van der Waals surface area contributed by atoms with Crippen LogP contribution in [-0.4, -0.2) is 43.8 Å². The zero-order valence-electron chi connectivity index (χ0n) is 7.99. The van der Waals surface area contributed by atoms with Gasteiger partial charge in [-0.3, -0.25) is 11.3 Å². The van der Waals surface area contributed by atoms with E-state index in [1.165, 1.54) is 0 Å². The molecule has 0 aromatic heterocycles. The summed E-state index contributed by atoms with van der Waals surface area (Å²) < 4.78 is 5.57. The average Bonchev–Trinajstić information content (AvgIpc) is 2.14. The van der Waals surface area contributed by atoms with E-state index in [0.29, 0.717) is 6.42 Å². The molecule has 1 fully saturated rings. The maximum absolute atomic E-state index is 5.57. The normalized spacial score (nSPS) is 26.7. The van der Waals surface area contributed by atoms with Crippen molar-refractivity contribution in [2.75, 3.05) is 26.7 Å². The molecule has 0 spiro atoms. The van der Waals surface area contributed by atoms with Gasteiger partial charge in [0.05, 0.1) is 18.8 Å². The number of nitrogens with one attached hydrogen (secondary N) is 1. The van der Waals surface area contributed by atoms with Crippen LogP contribution in [0.25, 0.3) is 0 Å². The molecule has 1 aliphatic rings. The van der Waals surface area contributed by atoms with Gasteiger partial charge in [0.15, 0.2) is 0 Å². The van der Waals surface area contributed by atoms with Crippen molar-refractivity contribution >= 4 is 0 Å². The summed E-state index contributed by atoms with van der Waals surface area (Å²) in [7, 11) is 2.07. The first-order valence-corrected chi connectivity index (χ1v) is 4.47. The first-order valence-electron chi connectivity index (χ1n) is 4.47. The quantitative estimate of drug-likeness (QED) is 0.341. The van der Waals surface area contributed by atoms with Gasteiger partial charge in [0.2, 0.25) is 0 Å². The average molecular weight is 183 g/mol. The molecular weight excluding hydrogens is 166 g/mol. The van der Waals surface area contributed by atoms with Gasteiger partial charge < -0.3 is 9.64 Å². The zero-order valence-corrected chi connectivity index (χ0v) is 7.99. The van der Waals surface area contributed by atoms with E-state index in [-0.39, 0.29) is 12.1 Å². The summed E-state index contributed by atoms with van der Waals surface area (Å²) in [5.41, 5.74) is 2.70. The Morgan fingerprint density at radius 2 is 2.62 bits per heavy atom. The Balaban J connectivity index is 2.43. The minimum atomic E-state index is 0.0627. The number of ether oxygens (including phenoxy) is 1. The second kappa shape index (κ2) is 5.20. The molecule has 3 N–H and O–H groups in total. The van der Waals surface area contributed by atoms with Crippen molar-refractivity contribution in [3.8, 4) is 12.3 Å². The molecule has 1 saturated heterocycles. The molecule has 0 aliphatic carbocycles. The second-order valence-corrected chi connectivity index (χ2v) is 3.35. The Morgan fingerprint density at radius 3 is 3.15 bits per heavy atom. The molecule has 0 aromatic carbocycles. The molecule has 0 bridgehead atoms. The van der Waals surface area contributed by atoms with E-state index >= 15 is 0 Å². The molecule has 0 radical (unpaired) electrons. The van der Waals surface area contributed by atoms with E-state index in [4.69, 9.17) is 17.0 Å². The Bertz CT molecular complexity index is 190. The number of nitrogens with two attached hydrogens (primary N) is 1. The van der Waals surface area contributed by atoms with Gasteiger partial charge >= 0.3 is 0 Å². The number of hydrazine groups is 1. The third-order valence-electron chi connectivity index (χ3n) is 2.30. The molecule has 1 heterocycles. The van der Waals surface area contributed by atoms with Gasteiger partial charge in [-0.2, -0.15) is 0 Å². The van der Waals surface area contributed by atoms with Crippen LogP contribution in [0, 0.1) is 12.3 Å². The van der Waals surface area contributed by atoms with E-state index < -0.39 is 0 Å². The van der Waals surface area contributed by atoms with Gasteiger partial charge in [-0.25, -0.2) is 0 Å². The van der Waals surface area contributed by atoms with Crippen molar-refractivity contribution in [3.63, 3.8) is 0 Å². The predicted molar refractivity (Wildman–Crippen MR) is 51.8 cm³/mol. The Kier molecular flexibility index (Phi) is 4.19. The molecular formula is C9H17N3O. The summed E-state index contributed by atoms with van der Waals surface area (Å²) in [5, 5.41) is 0. The molecule has 1 rings (SSSR count). The highest BCUT2D eigenvalue weighted by atomic mass is 16.5. The fourth-order valence-corrected chi connectivity index (χ4v) is 1.48. The van der Waals surface area contributed by atoms with Crippen LogP contribution in [0.5, 0.6) is 0 Å². The number of hydrogen-bond donors (Lipinski definition) is 2. The lowest BCUT2D eigenvalue weighted by Gasteiger charge is -2.34. The number of morpholine rings is 1. The fraction of sp³-hybridized carbons (Fsp3) is 0.778.